The SMILES string of the molecule is COc1cc(N=C(N)N=C(N)N)ccc1N1CCCC1. The molecule has 7 nitrogen and oxygen atoms in total. The summed E-state index contributed by atoms with van der Waals surface area (Å²) in [6.07, 6.45) is 2.42. The molecule has 0 spiro atoms. The summed E-state index contributed by atoms with van der Waals surface area (Å²) in [5.41, 5.74) is 17.8. The number of rotatable bonds is 3. The van der Waals surface area contributed by atoms with Crippen molar-refractivity contribution in [2.75, 3.05) is 25.1 Å². The molecule has 1 aromatic carbocycles. The van der Waals surface area contributed by atoms with Gasteiger partial charge in [0.2, 0.25) is 5.96 Å². The number of benzene rings is 1. The van der Waals surface area contributed by atoms with E-state index >= 15 is 0 Å². The average Bonchev–Trinajstić information content (AvgIpc) is 2.91. The molecule has 0 saturated carbocycles. The third-order valence-corrected chi connectivity index (χ3v) is 3.10. The number of methoxy groups -OCH3 is 1. The van der Waals surface area contributed by atoms with Crippen LogP contribution in [0.3, 0.4) is 0 Å². The zero-order valence-electron chi connectivity index (χ0n) is 11.5. The Morgan fingerprint density at radius 1 is 1.20 bits per heavy atom. The van der Waals surface area contributed by atoms with E-state index in [0.717, 1.165) is 24.5 Å². The van der Waals surface area contributed by atoms with Crippen LogP contribution in [0.4, 0.5) is 11.4 Å². The fraction of sp³-hybridized carbons (Fsp3) is 0.385. The van der Waals surface area contributed by atoms with Crippen LogP contribution in [0.15, 0.2) is 28.2 Å². The first-order valence-electron chi connectivity index (χ1n) is 6.47. The smallest absolute Gasteiger partial charge is 0.223 e. The van der Waals surface area contributed by atoms with Gasteiger partial charge in [0, 0.05) is 19.2 Å². The van der Waals surface area contributed by atoms with Gasteiger partial charge in [-0.2, -0.15) is 4.99 Å². The standard InChI is InChI=1S/C13H20N6O/c1-20-11-8-9(17-13(16)18-12(14)15)4-5-10(11)19-6-2-3-7-19/h4-5,8H,2-3,6-7H2,1H3,(H6,14,15,16,17,18). The molecule has 1 fully saturated rings. The highest BCUT2D eigenvalue weighted by Crippen LogP contribution is 2.34. The van der Waals surface area contributed by atoms with E-state index in [-0.39, 0.29) is 11.9 Å². The second kappa shape index (κ2) is 6.14. The second-order valence-electron chi connectivity index (χ2n) is 4.56. The quantitative estimate of drug-likeness (QED) is 0.549. The van der Waals surface area contributed by atoms with E-state index < -0.39 is 0 Å². The summed E-state index contributed by atoms with van der Waals surface area (Å²) in [7, 11) is 1.64. The Bertz CT molecular complexity index is 530. The van der Waals surface area contributed by atoms with Crippen LogP contribution < -0.4 is 26.8 Å². The molecule has 0 aromatic heterocycles. The third kappa shape index (κ3) is 3.31. The first-order chi connectivity index (χ1) is 9.60. The molecule has 0 unspecified atom stereocenters. The predicted molar refractivity (Wildman–Crippen MR) is 81.5 cm³/mol. The topological polar surface area (TPSA) is 115 Å². The summed E-state index contributed by atoms with van der Waals surface area (Å²) in [6, 6.07) is 5.67. The molecule has 0 amide bonds. The summed E-state index contributed by atoms with van der Waals surface area (Å²) < 4.78 is 5.42. The largest absolute Gasteiger partial charge is 0.495 e. The fourth-order valence-corrected chi connectivity index (χ4v) is 2.24. The zero-order valence-corrected chi connectivity index (χ0v) is 11.5. The number of anilines is 1. The van der Waals surface area contributed by atoms with E-state index in [2.05, 4.69) is 14.9 Å². The maximum absolute atomic E-state index is 5.61. The van der Waals surface area contributed by atoms with Crippen molar-refractivity contribution < 1.29 is 4.74 Å². The van der Waals surface area contributed by atoms with E-state index in [1.807, 2.05) is 18.2 Å². The number of ether oxygens (including phenoxy) is 1. The fourth-order valence-electron chi connectivity index (χ4n) is 2.24. The van der Waals surface area contributed by atoms with Crippen LogP contribution in [0, 0.1) is 0 Å². The first-order valence-corrected chi connectivity index (χ1v) is 6.47. The van der Waals surface area contributed by atoms with Crippen LogP contribution in [0.5, 0.6) is 5.75 Å². The number of nitrogens with two attached hydrogens (primary N) is 3. The molecular formula is C13H20N6O. The minimum absolute atomic E-state index is 0.0148. The third-order valence-electron chi connectivity index (χ3n) is 3.10. The highest BCUT2D eigenvalue weighted by molar-refractivity contribution is 5.93. The highest BCUT2D eigenvalue weighted by Gasteiger charge is 2.16. The Morgan fingerprint density at radius 3 is 2.50 bits per heavy atom. The summed E-state index contributed by atoms with van der Waals surface area (Å²) in [4.78, 5) is 10.1. The van der Waals surface area contributed by atoms with Crippen LogP contribution in [0.2, 0.25) is 0 Å². The monoisotopic (exact) mass is 276 g/mol. The van der Waals surface area contributed by atoms with E-state index in [4.69, 9.17) is 21.9 Å². The number of hydrogen-bond donors (Lipinski definition) is 3. The average molecular weight is 276 g/mol. The Labute approximate surface area is 118 Å². The molecule has 0 aliphatic carbocycles. The number of nitrogens with zero attached hydrogens (tertiary/aromatic N) is 3. The molecule has 1 aromatic rings. The molecule has 1 aliphatic heterocycles. The first kappa shape index (κ1) is 14.0. The molecule has 108 valence electrons. The molecule has 1 saturated heterocycles. The molecule has 2 rings (SSSR count). The van der Waals surface area contributed by atoms with E-state index in [1.165, 1.54) is 12.8 Å². The van der Waals surface area contributed by atoms with Gasteiger partial charge in [-0.15, -0.1) is 0 Å². The molecule has 7 heteroatoms. The lowest BCUT2D eigenvalue weighted by molar-refractivity contribution is 0.415. The molecule has 0 radical (unpaired) electrons. The Morgan fingerprint density at radius 2 is 1.90 bits per heavy atom. The Hall–Kier alpha value is -2.44. The van der Waals surface area contributed by atoms with E-state index in [9.17, 15) is 0 Å². The van der Waals surface area contributed by atoms with Crippen LogP contribution in [0.25, 0.3) is 0 Å². The van der Waals surface area contributed by atoms with Crippen molar-refractivity contribution in [1.82, 2.24) is 0 Å². The van der Waals surface area contributed by atoms with Gasteiger partial charge in [-0.3, -0.25) is 0 Å². The number of guanidine groups is 2. The van der Waals surface area contributed by atoms with Gasteiger partial charge in [0.05, 0.1) is 18.5 Å². The molecule has 6 N–H and O–H groups in total. The normalized spacial score (nSPS) is 15.2. The predicted octanol–water partition coefficient (Wildman–Crippen LogP) is 0.515. The molecule has 20 heavy (non-hydrogen) atoms. The number of aliphatic imine (C=N–C) groups is 2. The molecule has 1 aliphatic rings. The lowest BCUT2D eigenvalue weighted by atomic mass is 10.2. The van der Waals surface area contributed by atoms with Gasteiger partial charge in [0.25, 0.3) is 0 Å². The Kier molecular flexibility index (Phi) is 4.29. The van der Waals surface area contributed by atoms with Crippen LogP contribution in [-0.4, -0.2) is 32.1 Å². The lowest BCUT2D eigenvalue weighted by Gasteiger charge is -2.20. The van der Waals surface area contributed by atoms with Crippen molar-refractivity contribution in [3.63, 3.8) is 0 Å². The van der Waals surface area contributed by atoms with Crippen molar-refractivity contribution >= 4 is 23.3 Å². The van der Waals surface area contributed by atoms with Crippen LogP contribution >= 0.6 is 0 Å². The van der Waals surface area contributed by atoms with E-state index in [0.29, 0.717) is 5.69 Å². The van der Waals surface area contributed by atoms with Crippen molar-refractivity contribution in [1.29, 1.82) is 0 Å². The van der Waals surface area contributed by atoms with Gasteiger partial charge in [0.15, 0.2) is 5.96 Å². The lowest BCUT2D eigenvalue weighted by Crippen LogP contribution is -2.26. The molecule has 0 atom stereocenters. The Balaban J connectivity index is 2.27. The van der Waals surface area contributed by atoms with Gasteiger partial charge in [-0.25, -0.2) is 4.99 Å². The molecular weight excluding hydrogens is 256 g/mol. The zero-order chi connectivity index (χ0) is 14.5. The van der Waals surface area contributed by atoms with Gasteiger partial charge >= 0.3 is 0 Å². The molecule has 1 heterocycles. The summed E-state index contributed by atoms with van der Waals surface area (Å²) >= 11 is 0. The van der Waals surface area contributed by atoms with Crippen molar-refractivity contribution in [3.8, 4) is 5.75 Å². The van der Waals surface area contributed by atoms with Crippen molar-refractivity contribution in [2.45, 2.75) is 12.8 Å². The summed E-state index contributed by atoms with van der Waals surface area (Å²) in [6.45, 7) is 2.10. The van der Waals surface area contributed by atoms with E-state index in [1.54, 1.807) is 7.11 Å². The van der Waals surface area contributed by atoms with Crippen LogP contribution in [0.1, 0.15) is 12.8 Å². The maximum atomic E-state index is 5.61. The minimum atomic E-state index is -0.119. The van der Waals surface area contributed by atoms with Gasteiger partial charge < -0.3 is 26.8 Å². The second-order valence-corrected chi connectivity index (χ2v) is 4.56. The van der Waals surface area contributed by atoms with Gasteiger partial charge in [0.1, 0.15) is 5.75 Å². The van der Waals surface area contributed by atoms with Crippen molar-refractivity contribution in [2.24, 2.45) is 27.2 Å². The van der Waals surface area contributed by atoms with Crippen LogP contribution in [-0.2, 0) is 0 Å². The molecule has 0 bridgehead atoms. The summed E-state index contributed by atoms with van der Waals surface area (Å²) in [5.74, 6) is 0.665. The van der Waals surface area contributed by atoms with Gasteiger partial charge in [-0.1, -0.05) is 0 Å². The summed E-state index contributed by atoms with van der Waals surface area (Å²) in [5, 5.41) is 0. The van der Waals surface area contributed by atoms with Gasteiger partial charge in [-0.05, 0) is 25.0 Å². The number of hydrogen-bond acceptors (Lipinski definition) is 3. The maximum Gasteiger partial charge on any atom is 0.223 e. The van der Waals surface area contributed by atoms with Crippen molar-refractivity contribution in [3.05, 3.63) is 18.2 Å². The minimum Gasteiger partial charge on any atom is -0.495 e. The highest BCUT2D eigenvalue weighted by atomic mass is 16.5.